The van der Waals surface area contributed by atoms with Gasteiger partial charge in [-0.05, 0) is 32.4 Å². The summed E-state index contributed by atoms with van der Waals surface area (Å²) in [5, 5.41) is 4.29. The number of hydrogen-bond donors (Lipinski definition) is 1. The fourth-order valence-electron chi connectivity index (χ4n) is 2.47. The highest BCUT2D eigenvalue weighted by Crippen LogP contribution is 2.25. The number of benzene rings is 1. The molecule has 134 valence electrons. The van der Waals surface area contributed by atoms with Crippen molar-refractivity contribution >= 4 is 23.8 Å². The molecule has 1 atom stereocenters. The number of nitrogens with zero attached hydrogens (tertiary/aromatic N) is 2. The number of amides is 4. The molecule has 0 spiro atoms. The van der Waals surface area contributed by atoms with Gasteiger partial charge in [0.05, 0.1) is 23.8 Å². The van der Waals surface area contributed by atoms with Crippen molar-refractivity contribution in [3.05, 3.63) is 35.4 Å². The Morgan fingerprint density at radius 1 is 1.16 bits per heavy atom. The molecule has 0 saturated carbocycles. The van der Waals surface area contributed by atoms with E-state index in [0.29, 0.717) is 6.42 Å². The van der Waals surface area contributed by atoms with Gasteiger partial charge < -0.3 is 10.1 Å². The van der Waals surface area contributed by atoms with E-state index in [4.69, 9.17) is 4.74 Å². The third-order valence-corrected chi connectivity index (χ3v) is 3.89. The number of esters is 1. The zero-order valence-electron chi connectivity index (χ0n) is 14.4. The van der Waals surface area contributed by atoms with Crippen LogP contribution < -0.4 is 5.32 Å². The van der Waals surface area contributed by atoms with E-state index in [2.05, 4.69) is 5.32 Å². The maximum absolute atomic E-state index is 12.6. The molecule has 1 aromatic rings. The molecule has 1 aliphatic heterocycles. The van der Waals surface area contributed by atoms with E-state index in [1.54, 1.807) is 38.1 Å². The van der Waals surface area contributed by atoms with Crippen molar-refractivity contribution in [2.24, 2.45) is 0 Å². The van der Waals surface area contributed by atoms with E-state index in [0.717, 1.165) is 10.0 Å². The third-order valence-electron chi connectivity index (χ3n) is 3.89. The standard InChI is InChI=1S/C17H21N3O5/c1-4-11(3)19(17(24)18-10-14(21)25-5-2)20-15(22)12-8-6-7-9-13(12)16(20)23/h6-9,11H,4-5,10H2,1-3H3,(H,18,24). The molecular formula is C17H21N3O5. The van der Waals surface area contributed by atoms with Crippen molar-refractivity contribution in [1.29, 1.82) is 0 Å². The molecule has 1 aromatic carbocycles. The molecule has 25 heavy (non-hydrogen) atoms. The summed E-state index contributed by atoms with van der Waals surface area (Å²) in [5.74, 6) is -1.72. The van der Waals surface area contributed by atoms with Crippen LogP contribution in [0.25, 0.3) is 0 Å². The van der Waals surface area contributed by atoms with Gasteiger partial charge >= 0.3 is 12.0 Å². The van der Waals surface area contributed by atoms with Crippen LogP contribution in [0, 0.1) is 0 Å². The number of hydrogen-bond acceptors (Lipinski definition) is 5. The van der Waals surface area contributed by atoms with E-state index < -0.39 is 29.9 Å². The summed E-state index contributed by atoms with van der Waals surface area (Å²) in [7, 11) is 0. The van der Waals surface area contributed by atoms with Crippen molar-refractivity contribution in [3.63, 3.8) is 0 Å². The molecule has 1 aliphatic rings. The van der Waals surface area contributed by atoms with Gasteiger partial charge in [-0.2, -0.15) is 5.01 Å². The van der Waals surface area contributed by atoms with E-state index >= 15 is 0 Å². The van der Waals surface area contributed by atoms with Gasteiger partial charge in [-0.25, -0.2) is 9.80 Å². The molecule has 0 aliphatic carbocycles. The van der Waals surface area contributed by atoms with Crippen LogP contribution >= 0.6 is 0 Å². The van der Waals surface area contributed by atoms with E-state index in [-0.39, 0.29) is 24.3 Å². The van der Waals surface area contributed by atoms with Crippen LogP contribution in [0.5, 0.6) is 0 Å². The van der Waals surface area contributed by atoms with Crippen LogP contribution in [-0.4, -0.2) is 53.0 Å². The second-order valence-corrected chi connectivity index (χ2v) is 5.53. The fraction of sp³-hybridized carbons (Fsp3) is 0.412. The number of urea groups is 1. The second-order valence-electron chi connectivity index (χ2n) is 5.53. The first-order chi connectivity index (χ1) is 11.9. The van der Waals surface area contributed by atoms with Gasteiger partial charge in [-0.3, -0.25) is 14.4 Å². The molecule has 0 radical (unpaired) electrons. The zero-order valence-corrected chi connectivity index (χ0v) is 14.4. The Morgan fingerprint density at radius 3 is 2.20 bits per heavy atom. The van der Waals surface area contributed by atoms with E-state index in [1.807, 2.05) is 6.92 Å². The molecule has 1 heterocycles. The minimum Gasteiger partial charge on any atom is -0.465 e. The first-order valence-corrected chi connectivity index (χ1v) is 8.12. The van der Waals surface area contributed by atoms with Crippen molar-refractivity contribution in [2.45, 2.75) is 33.2 Å². The van der Waals surface area contributed by atoms with E-state index in [1.165, 1.54) is 0 Å². The van der Waals surface area contributed by atoms with Gasteiger partial charge in [-0.15, -0.1) is 0 Å². The van der Waals surface area contributed by atoms with Gasteiger partial charge in [0, 0.05) is 0 Å². The van der Waals surface area contributed by atoms with Gasteiger partial charge in [0.25, 0.3) is 11.8 Å². The highest BCUT2D eigenvalue weighted by Gasteiger charge is 2.42. The number of carbonyl (C=O) groups is 4. The van der Waals surface area contributed by atoms with Gasteiger partial charge in [0.1, 0.15) is 6.54 Å². The molecule has 8 nitrogen and oxygen atoms in total. The van der Waals surface area contributed by atoms with Crippen molar-refractivity contribution in [3.8, 4) is 0 Å². The molecule has 8 heteroatoms. The van der Waals surface area contributed by atoms with Crippen LogP contribution in [0.4, 0.5) is 4.79 Å². The highest BCUT2D eigenvalue weighted by molar-refractivity contribution is 6.21. The van der Waals surface area contributed by atoms with Crippen molar-refractivity contribution in [1.82, 2.24) is 15.3 Å². The largest absolute Gasteiger partial charge is 0.465 e. The highest BCUT2D eigenvalue weighted by atomic mass is 16.5. The lowest BCUT2D eigenvalue weighted by Gasteiger charge is -2.34. The topological polar surface area (TPSA) is 96.0 Å². The smallest absolute Gasteiger partial charge is 0.337 e. The summed E-state index contributed by atoms with van der Waals surface area (Å²) in [6.07, 6.45) is 0.514. The minimum atomic E-state index is -0.711. The summed E-state index contributed by atoms with van der Waals surface area (Å²) in [6, 6.07) is 5.26. The normalized spacial score (nSPS) is 14.1. The Balaban J connectivity index is 2.24. The van der Waals surface area contributed by atoms with Crippen LogP contribution in [0.3, 0.4) is 0 Å². The monoisotopic (exact) mass is 347 g/mol. The molecule has 0 aromatic heterocycles. The average molecular weight is 347 g/mol. The molecule has 4 amide bonds. The van der Waals surface area contributed by atoms with Gasteiger partial charge in [0.15, 0.2) is 0 Å². The number of imide groups is 1. The number of rotatable bonds is 6. The molecule has 0 bridgehead atoms. The molecule has 0 saturated heterocycles. The van der Waals surface area contributed by atoms with Crippen LogP contribution in [0.1, 0.15) is 47.9 Å². The average Bonchev–Trinajstić information content (AvgIpc) is 2.86. The number of hydrazine groups is 1. The Labute approximate surface area is 145 Å². The van der Waals surface area contributed by atoms with Crippen molar-refractivity contribution < 1.29 is 23.9 Å². The summed E-state index contributed by atoms with van der Waals surface area (Å²) < 4.78 is 4.76. The minimum absolute atomic E-state index is 0.197. The first-order valence-electron chi connectivity index (χ1n) is 8.12. The summed E-state index contributed by atoms with van der Waals surface area (Å²) in [6.45, 7) is 5.05. The van der Waals surface area contributed by atoms with Crippen molar-refractivity contribution in [2.75, 3.05) is 13.2 Å². The lowest BCUT2D eigenvalue weighted by atomic mass is 10.1. The Bertz CT molecular complexity index is 668. The van der Waals surface area contributed by atoms with Gasteiger partial charge in [0.2, 0.25) is 0 Å². The maximum atomic E-state index is 12.6. The zero-order chi connectivity index (χ0) is 18.6. The SMILES string of the molecule is CCOC(=O)CNC(=O)N(C(C)CC)N1C(=O)c2ccccc2C1=O. The predicted octanol–water partition coefficient (Wildman–Crippen LogP) is 1.57. The van der Waals surface area contributed by atoms with Crippen LogP contribution in [0.15, 0.2) is 24.3 Å². The first kappa shape index (κ1) is 18.4. The molecular weight excluding hydrogens is 326 g/mol. The Morgan fingerprint density at radius 2 is 1.72 bits per heavy atom. The summed E-state index contributed by atoms with van der Waals surface area (Å²) in [4.78, 5) is 49.2. The Kier molecular flexibility index (Phi) is 5.74. The third kappa shape index (κ3) is 3.62. The molecule has 2 rings (SSSR count). The van der Waals surface area contributed by atoms with E-state index in [9.17, 15) is 19.2 Å². The lowest BCUT2D eigenvalue weighted by Crippen LogP contribution is -2.57. The number of fused-ring (bicyclic) bond motifs is 1. The Hall–Kier alpha value is -2.90. The number of nitrogens with one attached hydrogen (secondary N) is 1. The van der Waals surface area contributed by atoms with Crippen LogP contribution in [-0.2, 0) is 9.53 Å². The molecule has 1 unspecified atom stereocenters. The van der Waals surface area contributed by atoms with Gasteiger partial charge in [-0.1, -0.05) is 19.1 Å². The second kappa shape index (κ2) is 7.78. The lowest BCUT2D eigenvalue weighted by molar-refractivity contribution is -0.141. The summed E-state index contributed by atoms with van der Waals surface area (Å²) in [5.41, 5.74) is 0.498. The quantitative estimate of drug-likeness (QED) is 0.622. The molecule has 1 N–H and O–H groups in total. The number of ether oxygens (including phenoxy) is 1. The van der Waals surface area contributed by atoms with Crippen LogP contribution in [0.2, 0.25) is 0 Å². The molecule has 0 fully saturated rings. The maximum Gasteiger partial charge on any atom is 0.337 e. The fourth-order valence-corrected chi connectivity index (χ4v) is 2.47. The number of carbonyl (C=O) groups excluding carboxylic acids is 4. The summed E-state index contributed by atoms with van der Waals surface area (Å²) >= 11 is 0. The predicted molar refractivity (Wildman–Crippen MR) is 88.6 cm³/mol.